The molecule has 0 radical (unpaired) electrons. The number of nitrogens with zero attached hydrogens (tertiary/aromatic N) is 1. The van der Waals surface area contributed by atoms with Gasteiger partial charge in [-0.1, -0.05) is 0 Å². The van der Waals surface area contributed by atoms with Crippen LogP contribution in [0.3, 0.4) is 0 Å². The predicted octanol–water partition coefficient (Wildman–Crippen LogP) is 2.14. The minimum atomic E-state index is -5.02. The number of ether oxygens (including phenoxy) is 1. The number of halogens is 4. The molecule has 0 bridgehead atoms. The van der Waals surface area contributed by atoms with E-state index in [-0.39, 0.29) is 16.2 Å². The maximum atomic E-state index is 12.3. The first-order chi connectivity index (χ1) is 9.46. The molecule has 21 heavy (non-hydrogen) atoms. The number of alkyl halides is 3. The molecule has 0 fully saturated rings. The lowest BCUT2D eigenvalue weighted by Crippen LogP contribution is -2.38. The molecule has 1 aromatic rings. The highest BCUT2D eigenvalue weighted by Crippen LogP contribution is 2.27. The van der Waals surface area contributed by atoms with Crippen LogP contribution in [0.2, 0.25) is 0 Å². The summed E-state index contributed by atoms with van der Waals surface area (Å²) in [6, 6.07) is 3.45. The van der Waals surface area contributed by atoms with Gasteiger partial charge in [0.2, 0.25) is 0 Å². The van der Waals surface area contributed by atoms with Gasteiger partial charge in [0.25, 0.3) is 9.05 Å². The zero-order valence-corrected chi connectivity index (χ0v) is 12.5. The van der Waals surface area contributed by atoms with E-state index in [0.717, 1.165) is 19.2 Å². The molecule has 0 aliphatic carbocycles. The molecule has 0 saturated carbocycles. The molecule has 5 nitrogen and oxygen atoms in total. The van der Waals surface area contributed by atoms with Crippen molar-refractivity contribution in [3.63, 3.8) is 0 Å². The van der Waals surface area contributed by atoms with Gasteiger partial charge < -0.3 is 9.64 Å². The fourth-order valence-corrected chi connectivity index (χ4v) is 2.38. The standard InChI is InChI=1S/C11H11ClF3NO4S/c1-16(10(17)11(13,14)15)6-7-5-8(21(12,18)19)3-4-9(7)20-2/h3-5H,6H2,1-2H3. The molecular weight excluding hydrogens is 335 g/mol. The van der Waals surface area contributed by atoms with E-state index < -0.39 is 27.7 Å². The molecule has 0 aromatic heterocycles. The van der Waals surface area contributed by atoms with Crippen molar-refractivity contribution >= 4 is 25.6 Å². The number of carbonyl (C=O) groups excluding carboxylic acids is 1. The Kier molecular flexibility index (Phi) is 5.11. The fourth-order valence-electron chi connectivity index (χ4n) is 1.57. The van der Waals surface area contributed by atoms with E-state index in [9.17, 15) is 26.4 Å². The van der Waals surface area contributed by atoms with Crippen molar-refractivity contribution in [1.82, 2.24) is 4.90 Å². The molecule has 0 heterocycles. The van der Waals surface area contributed by atoms with Gasteiger partial charge in [0, 0.05) is 29.8 Å². The van der Waals surface area contributed by atoms with Gasteiger partial charge in [-0.15, -0.1) is 0 Å². The number of amides is 1. The van der Waals surface area contributed by atoms with Gasteiger partial charge in [-0.3, -0.25) is 4.79 Å². The molecule has 1 rings (SSSR count). The van der Waals surface area contributed by atoms with Crippen LogP contribution in [0.1, 0.15) is 5.56 Å². The van der Waals surface area contributed by atoms with Crippen molar-refractivity contribution in [2.24, 2.45) is 0 Å². The van der Waals surface area contributed by atoms with Crippen LogP contribution in [0.4, 0.5) is 13.2 Å². The highest BCUT2D eigenvalue weighted by Gasteiger charge is 2.41. The molecule has 0 N–H and O–H groups in total. The Morgan fingerprint density at radius 2 is 1.95 bits per heavy atom. The van der Waals surface area contributed by atoms with Crippen LogP contribution in [0.5, 0.6) is 5.75 Å². The Bertz CT molecular complexity index is 645. The Hall–Kier alpha value is -1.48. The fraction of sp³-hybridized carbons (Fsp3) is 0.364. The topological polar surface area (TPSA) is 63.7 Å². The summed E-state index contributed by atoms with van der Waals surface area (Å²) in [4.78, 5) is 11.2. The highest BCUT2D eigenvalue weighted by atomic mass is 35.7. The zero-order valence-electron chi connectivity index (χ0n) is 10.9. The van der Waals surface area contributed by atoms with Gasteiger partial charge in [0.15, 0.2) is 0 Å². The Morgan fingerprint density at radius 3 is 2.38 bits per heavy atom. The maximum Gasteiger partial charge on any atom is 0.471 e. The first-order valence-electron chi connectivity index (χ1n) is 5.40. The number of benzene rings is 1. The van der Waals surface area contributed by atoms with E-state index in [2.05, 4.69) is 0 Å². The van der Waals surface area contributed by atoms with Gasteiger partial charge >= 0.3 is 12.1 Å². The SMILES string of the molecule is COc1ccc(S(=O)(=O)Cl)cc1CN(C)C(=O)C(F)(F)F. The normalized spacial score (nSPS) is 12.1. The van der Waals surface area contributed by atoms with Crippen LogP contribution >= 0.6 is 10.7 Å². The second-order valence-corrected chi connectivity index (χ2v) is 6.64. The van der Waals surface area contributed by atoms with Gasteiger partial charge in [0.1, 0.15) is 5.75 Å². The summed E-state index contributed by atoms with van der Waals surface area (Å²) in [6.07, 6.45) is -5.02. The minimum absolute atomic E-state index is 0.0827. The van der Waals surface area contributed by atoms with Crippen molar-refractivity contribution in [1.29, 1.82) is 0 Å². The van der Waals surface area contributed by atoms with Crippen molar-refractivity contribution < 1.29 is 31.1 Å². The molecule has 0 aliphatic rings. The lowest BCUT2D eigenvalue weighted by molar-refractivity contribution is -0.184. The number of carbonyl (C=O) groups is 1. The third-order valence-electron chi connectivity index (χ3n) is 2.53. The van der Waals surface area contributed by atoms with E-state index in [4.69, 9.17) is 15.4 Å². The van der Waals surface area contributed by atoms with Gasteiger partial charge in [-0.2, -0.15) is 13.2 Å². The average molecular weight is 346 g/mol. The van der Waals surface area contributed by atoms with Crippen molar-refractivity contribution in [3.05, 3.63) is 23.8 Å². The third-order valence-corrected chi connectivity index (χ3v) is 3.88. The van der Waals surface area contributed by atoms with E-state index in [1.165, 1.54) is 13.2 Å². The Balaban J connectivity index is 3.15. The Labute approximate surface area is 123 Å². The highest BCUT2D eigenvalue weighted by molar-refractivity contribution is 8.13. The summed E-state index contributed by atoms with van der Waals surface area (Å²) in [5.41, 5.74) is 0.0827. The number of hydrogen-bond donors (Lipinski definition) is 0. The van der Waals surface area contributed by atoms with E-state index in [1.807, 2.05) is 0 Å². The summed E-state index contributed by atoms with van der Waals surface area (Å²) >= 11 is 0. The van der Waals surface area contributed by atoms with E-state index in [0.29, 0.717) is 4.90 Å². The second kappa shape index (κ2) is 6.10. The summed E-state index contributed by atoms with van der Waals surface area (Å²) in [5, 5.41) is 0. The third kappa shape index (κ3) is 4.50. The van der Waals surface area contributed by atoms with Crippen molar-refractivity contribution in [2.75, 3.05) is 14.2 Å². The van der Waals surface area contributed by atoms with Crippen LogP contribution in [-0.2, 0) is 20.4 Å². The van der Waals surface area contributed by atoms with Crippen LogP contribution in [0.15, 0.2) is 23.1 Å². The molecule has 0 spiro atoms. The average Bonchev–Trinajstić information content (AvgIpc) is 2.35. The van der Waals surface area contributed by atoms with Crippen LogP contribution in [-0.4, -0.2) is 39.6 Å². The quantitative estimate of drug-likeness (QED) is 0.784. The number of rotatable bonds is 4. The predicted molar refractivity (Wildman–Crippen MR) is 68.6 cm³/mol. The van der Waals surface area contributed by atoms with Crippen LogP contribution in [0.25, 0.3) is 0 Å². The van der Waals surface area contributed by atoms with E-state index in [1.54, 1.807) is 0 Å². The monoisotopic (exact) mass is 345 g/mol. The van der Waals surface area contributed by atoms with Gasteiger partial charge in [-0.05, 0) is 18.2 Å². The maximum absolute atomic E-state index is 12.3. The summed E-state index contributed by atoms with van der Waals surface area (Å²) in [5.74, 6) is -1.91. The van der Waals surface area contributed by atoms with E-state index >= 15 is 0 Å². The molecule has 1 aromatic carbocycles. The molecule has 0 aliphatic heterocycles. The minimum Gasteiger partial charge on any atom is -0.496 e. The number of methoxy groups -OCH3 is 1. The lowest BCUT2D eigenvalue weighted by atomic mass is 10.2. The molecule has 0 unspecified atom stereocenters. The second-order valence-electron chi connectivity index (χ2n) is 4.07. The molecule has 0 atom stereocenters. The largest absolute Gasteiger partial charge is 0.496 e. The molecular formula is C11H11ClF3NO4S. The summed E-state index contributed by atoms with van der Waals surface area (Å²) in [7, 11) is 3.33. The zero-order chi connectivity index (χ0) is 16.4. The first-order valence-corrected chi connectivity index (χ1v) is 7.71. The number of hydrogen-bond acceptors (Lipinski definition) is 4. The molecule has 118 valence electrons. The first kappa shape index (κ1) is 17.6. The summed E-state index contributed by atoms with van der Waals surface area (Å²) in [6.45, 7) is -0.484. The lowest BCUT2D eigenvalue weighted by Gasteiger charge is -2.20. The molecule has 0 saturated heterocycles. The molecule has 1 amide bonds. The smallest absolute Gasteiger partial charge is 0.471 e. The van der Waals surface area contributed by atoms with Gasteiger partial charge in [0.05, 0.1) is 12.0 Å². The van der Waals surface area contributed by atoms with Crippen LogP contribution < -0.4 is 4.74 Å². The van der Waals surface area contributed by atoms with Crippen LogP contribution in [0, 0.1) is 0 Å². The van der Waals surface area contributed by atoms with Gasteiger partial charge in [-0.25, -0.2) is 8.42 Å². The summed E-state index contributed by atoms with van der Waals surface area (Å²) < 4.78 is 64.3. The Morgan fingerprint density at radius 1 is 1.38 bits per heavy atom. The van der Waals surface area contributed by atoms with Crippen molar-refractivity contribution in [2.45, 2.75) is 17.6 Å². The van der Waals surface area contributed by atoms with Crippen molar-refractivity contribution in [3.8, 4) is 5.75 Å². The molecule has 10 heteroatoms.